The first-order valence-corrected chi connectivity index (χ1v) is 6.51. The first-order valence-electron chi connectivity index (χ1n) is 6.51. The molecule has 0 saturated heterocycles. The van der Waals surface area contributed by atoms with Gasteiger partial charge in [-0.05, 0) is 30.0 Å². The standard InChI is InChI=1S/C14H21FN2O3/c1-10(5-6-18)8-16-14(19)17-9-11-3-4-13(20-2)12(15)7-11/h3-4,7,10,18H,5-6,8-9H2,1-2H3,(H2,16,17,19). The van der Waals surface area contributed by atoms with Crippen molar-refractivity contribution in [3.63, 3.8) is 0 Å². The fraction of sp³-hybridized carbons (Fsp3) is 0.500. The van der Waals surface area contributed by atoms with Gasteiger partial charge in [0.1, 0.15) is 0 Å². The van der Waals surface area contributed by atoms with Gasteiger partial charge in [0.25, 0.3) is 0 Å². The van der Waals surface area contributed by atoms with Gasteiger partial charge in [0, 0.05) is 19.7 Å². The Morgan fingerprint density at radius 1 is 1.45 bits per heavy atom. The highest BCUT2D eigenvalue weighted by Gasteiger charge is 2.06. The minimum atomic E-state index is -0.455. The van der Waals surface area contributed by atoms with Gasteiger partial charge in [-0.3, -0.25) is 0 Å². The summed E-state index contributed by atoms with van der Waals surface area (Å²) in [6.45, 7) is 2.77. The molecule has 0 bridgehead atoms. The van der Waals surface area contributed by atoms with E-state index in [4.69, 9.17) is 9.84 Å². The van der Waals surface area contributed by atoms with Crippen LogP contribution in [-0.2, 0) is 6.54 Å². The molecule has 0 aromatic heterocycles. The van der Waals surface area contributed by atoms with E-state index >= 15 is 0 Å². The van der Waals surface area contributed by atoms with E-state index < -0.39 is 5.82 Å². The van der Waals surface area contributed by atoms with Crippen LogP contribution in [0.15, 0.2) is 18.2 Å². The van der Waals surface area contributed by atoms with Crippen LogP contribution in [0.2, 0.25) is 0 Å². The Morgan fingerprint density at radius 2 is 2.20 bits per heavy atom. The van der Waals surface area contributed by atoms with Crippen molar-refractivity contribution >= 4 is 6.03 Å². The molecule has 3 N–H and O–H groups in total. The molecule has 112 valence electrons. The third-order valence-corrected chi connectivity index (χ3v) is 2.90. The maximum absolute atomic E-state index is 13.4. The fourth-order valence-electron chi connectivity index (χ4n) is 1.65. The van der Waals surface area contributed by atoms with Crippen LogP contribution in [0.25, 0.3) is 0 Å². The number of hydrogen-bond acceptors (Lipinski definition) is 3. The number of aliphatic hydroxyl groups is 1. The summed E-state index contributed by atoms with van der Waals surface area (Å²) in [5.74, 6) is -0.0658. The quantitative estimate of drug-likeness (QED) is 0.713. The molecule has 20 heavy (non-hydrogen) atoms. The van der Waals surface area contributed by atoms with Crippen LogP contribution in [0.1, 0.15) is 18.9 Å². The molecule has 0 radical (unpaired) electrons. The topological polar surface area (TPSA) is 70.6 Å². The lowest BCUT2D eigenvalue weighted by molar-refractivity contribution is 0.233. The average Bonchev–Trinajstić information content (AvgIpc) is 2.43. The summed E-state index contributed by atoms with van der Waals surface area (Å²) in [6.07, 6.45) is 0.643. The van der Waals surface area contributed by atoms with Gasteiger partial charge in [-0.15, -0.1) is 0 Å². The molecule has 0 heterocycles. The summed E-state index contributed by atoms with van der Waals surface area (Å²) in [5, 5.41) is 14.1. The Bertz CT molecular complexity index is 440. The zero-order chi connectivity index (χ0) is 15.0. The van der Waals surface area contributed by atoms with Crippen molar-refractivity contribution in [2.75, 3.05) is 20.3 Å². The number of aliphatic hydroxyl groups excluding tert-OH is 1. The van der Waals surface area contributed by atoms with Gasteiger partial charge in [0.05, 0.1) is 7.11 Å². The summed E-state index contributed by atoms with van der Waals surface area (Å²) in [6, 6.07) is 4.23. The van der Waals surface area contributed by atoms with Crippen molar-refractivity contribution in [1.82, 2.24) is 10.6 Å². The van der Waals surface area contributed by atoms with Gasteiger partial charge in [-0.1, -0.05) is 13.0 Å². The first kappa shape index (κ1) is 16.2. The molecule has 0 spiro atoms. The molecular formula is C14H21FN2O3. The van der Waals surface area contributed by atoms with Crippen molar-refractivity contribution in [3.8, 4) is 5.75 Å². The molecule has 5 nitrogen and oxygen atoms in total. The van der Waals surface area contributed by atoms with Gasteiger partial charge in [-0.2, -0.15) is 0 Å². The van der Waals surface area contributed by atoms with Crippen molar-refractivity contribution in [1.29, 1.82) is 0 Å². The molecule has 1 atom stereocenters. The number of methoxy groups -OCH3 is 1. The second-order valence-corrected chi connectivity index (χ2v) is 4.65. The maximum atomic E-state index is 13.4. The van der Waals surface area contributed by atoms with E-state index in [0.29, 0.717) is 18.5 Å². The molecule has 6 heteroatoms. The zero-order valence-corrected chi connectivity index (χ0v) is 11.8. The SMILES string of the molecule is COc1ccc(CNC(=O)NCC(C)CCO)cc1F. The van der Waals surface area contributed by atoms with E-state index in [1.54, 1.807) is 6.07 Å². The normalized spacial score (nSPS) is 11.8. The number of halogens is 1. The first-order chi connectivity index (χ1) is 9.56. The fourth-order valence-corrected chi connectivity index (χ4v) is 1.65. The Balaban J connectivity index is 2.35. The van der Waals surface area contributed by atoms with Crippen molar-refractivity contribution in [2.45, 2.75) is 19.9 Å². The summed E-state index contributed by atoms with van der Waals surface area (Å²) >= 11 is 0. The highest BCUT2D eigenvalue weighted by Crippen LogP contribution is 2.17. The summed E-state index contributed by atoms with van der Waals surface area (Å²) in [5.41, 5.74) is 0.654. The average molecular weight is 284 g/mol. The van der Waals surface area contributed by atoms with E-state index in [-0.39, 0.29) is 30.9 Å². The Labute approximate surface area is 118 Å². The number of nitrogens with one attached hydrogen (secondary N) is 2. The highest BCUT2D eigenvalue weighted by atomic mass is 19.1. The predicted molar refractivity (Wildman–Crippen MR) is 74.1 cm³/mol. The number of carbonyl (C=O) groups is 1. The van der Waals surface area contributed by atoms with Crippen molar-refractivity contribution in [3.05, 3.63) is 29.6 Å². The smallest absolute Gasteiger partial charge is 0.315 e. The van der Waals surface area contributed by atoms with Gasteiger partial charge in [-0.25, -0.2) is 9.18 Å². The van der Waals surface area contributed by atoms with Crippen LogP contribution < -0.4 is 15.4 Å². The minimum absolute atomic E-state index is 0.107. The van der Waals surface area contributed by atoms with E-state index in [1.807, 2.05) is 6.92 Å². The molecule has 0 aliphatic heterocycles. The van der Waals surface area contributed by atoms with Crippen molar-refractivity contribution < 1.29 is 19.0 Å². The van der Waals surface area contributed by atoms with E-state index in [2.05, 4.69) is 10.6 Å². The van der Waals surface area contributed by atoms with Crippen LogP contribution in [0.5, 0.6) is 5.75 Å². The number of ether oxygens (including phenoxy) is 1. The number of hydrogen-bond donors (Lipinski definition) is 3. The van der Waals surface area contributed by atoms with Gasteiger partial charge < -0.3 is 20.5 Å². The summed E-state index contributed by atoms with van der Waals surface area (Å²) < 4.78 is 18.3. The lowest BCUT2D eigenvalue weighted by Gasteiger charge is -2.12. The maximum Gasteiger partial charge on any atom is 0.315 e. The lowest BCUT2D eigenvalue weighted by atomic mass is 10.1. The van der Waals surface area contributed by atoms with E-state index in [9.17, 15) is 9.18 Å². The molecule has 0 aliphatic carbocycles. The highest BCUT2D eigenvalue weighted by molar-refractivity contribution is 5.73. The zero-order valence-electron chi connectivity index (χ0n) is 11.8. The van der Waals surface area contributed by atoms with Crippen LogP contribution in [0, 0.1) is 11.7 Å². The van der Waals surface area contributed by atoms with E-state index in [1.165, 1.54) is 19.2 Å². The van der Waals surface area contributed by atoms with Crippen LogP contribution in [0.4, 0.5) is 9.18 Å². The number of rotatable bonds is 7. The number of urea groups is 1. The van der Waals surface area contributed by atoms with Crippen molar-refractivity contribution in [2.24, 2.45) is 5.92 Å². The minimum Gasteiger partial charge on any atom is -0.494 e. The number of benzene rings is 1. The second-order valence-electron chi connectivity index (χ2n) is 4.65. The third-order valence-electron chi connectivity index (χ3n) is 2.90. The van der Waals surface area contributed by atoms with Crippen LogP contribution >= 0.6 is 0 Å². The van der Waals surface area contributed by atoms with Gasteiger partial charge in [0.15, 0.2) is 11.6 Å². The largest absolute Gasteiger partial charge is 0.494 e. The van der Waals surface area contributed by atoms with E-state index in [0.717, 1.165) is 0 Å². The summed E-state index contributed by atoms with van der Waals surface area (Å²) in [7, 11) is 1.40. The molecule has 0 aliphatic rings. The molecule has 0 fully saturated rings. The summed E-state index contributed by atoms with van der Waals surface area (Å²) in [4.78, 5) is 11.5. The van der Waals surface area contributed by atoms with Gasteiger partial charge in [0.2, 0.25) is 0 Å². The van der Waals surface area contributed by atoms with Gasteiger partial charge >= 0.3 is 6.03 Å². The molecular weight excluding hydrogens is 263 g/mol. The molecule has 1 rings (SSSR count). The predicted octanol–water partition coefficient (Wildman–Crippen LogP) is 1.65. The Morgan fingerprint density at radius 3 is 2.80 bits per heavy atom. The molecule has 2 amide bonds. The molecule has 1 aromatic rings. The molecule has 1 unspecified atom stereocenters. The van der Waals surface area contributed by atoms with Crippen LogP contribution in [-0.4, -0.2) is 31.4 Å². The lowest BCUT2D eigenvalue weighted by Crippen LogP contribution is -2.37. The third kappa shape index (κ3) is 5.44. The van der Waals surface area contributed by atoms with Crippen LogP contribution in [0.3, 0.4) is 0 Å². The second kappa shape index (κ2) is 8.37. The number of carbonyl (C=O) groups excluding carboxylic acids is 1. The Kier molecular flexibility index (Phi) is 6.79. The molecule has 0 saturated carbocycles. The molecule has 1 aromatic carbocycles. The monoisotopic (exact) mass is 284 g/mol. The number of amides is 2. The Hall–Kier alpha value is -1.82.